The lowest BCUT2D eigenvalue weighted by atomic mass is 10.1. The van der Waals surface area contributed by atoms with Gasteiger partial charge in [-0.15, -0.1) is 0 Å². The molecular weight excluding hydrogens is 883 g/mol. The first-order valence-corrected chi connectivity index (χ1v) is 23.9. The molecule has 2 heterocycles. The SMILES string of the molecule is CCN.CS(=O)(=O)CCc1cc(-c2ccc(-c3ccc4ncnc(Nc5ccc(OCc6cccc(F)c6)c(Cl)c5)c4c3)o2)ccc1S(=O)(=O)O.Cc1ccc(S(=O)(=O)O)cc1. The van der Waals surface area contributed by atoms with Gasteiger partial charge in [0.2, 0.25) is 0 Å². The number of benzene rings is 5. The Morgan fingerprint density at radius 1 is 0.806 bits per heavy atom. The summed E-state index contributed by atoms with van der Waals surface area (Å²) in [7, 11) is -12.0. The van der Waals surface area contributed by atoms with Crippen molar-refractivity contribution in [2.75, 3.05) is 23.9 Å². The Morgan fingerprint density at radius 2 is 1.47 bits per heavy atom. The highest BCUT2D eigenvalue weighted by Gasteiger charge is 2.19. The highest BCUT2D eigenvalue weighted by molar-refractivity contribution is 7.90. The minimum atomic E-state index is -4.57. The molecule has 0 aliphatic rings. The molecule has 0 amide bonds. The molecule has 7 aromatic rings. The van der Waals surface area contributed by atoms with Crippen molar-refractivity contribution in [3.63, 3.8) is 0 Å². The van der Waals surface area contributed by atoms with E-state index in [9.17, 15) is 34.2 Å². The molecule has 0 saturated carbocycles. The quantitative estimate of drug-likeness (QED) is 0.0841. The minimum Gasteiger partial charge on any atom is -0.487 e. The van der Waals surface area contributed by atoms with E-state index in [-0.39, 0.29) is 40.0 Å². The van der Waals surface area contributed by atoms with Crippen molar-refractivity contribution in [2.24, 2.45) is 5.73 Å². The maximum absolute atomic E-state index is 13.5. The number of rotatable bonds is 12. The van der Waals surface area contributed by atoms with E-state index in [0.29, 0.717) is 61.4 Å². The maximum Gasteiger partial charge on any atom is 0.294 e. The van der Waals surface area contributed by atoms with Crippen molar-refractivity contribution in [3.8, 4) is 28.4 Å². The monoisotopic (exact) mass is 924 g/mol. The number of nitrogens with two attached hydrogens (primary N) is 1. The summed E-state index contributed by atoms with van der Waals surface area (Å²) >= 11 is 6.49. The maximum atomic E-state index is 13.5. The van der Waals surface area contributed by atoms with Gasteiger partial charge in [0, 0.05) is 28.5 Å². The van der Waals surface area contributed by atoms with Crippen molar-refractivity contribution in [1.82, 2.24) is 9.97 Å². The van der Waals surface area contributed by atoms with Crippen LogP contribution < -0.4 is 15.8 Å². The number of ether oxygens (including phenoxy) is 1. The Balaban J connectivity index is 0.000000444. The van der Waals surface area contributed by atoms with Crippen LogP contribution in [0.1, 0.15) is 23.6 Å². The first kappa shape index (κ1) is 47.3. The van der Waals surface area contributed by atoms with Gasteiger partial charge in [-0.2, -0.15) is 16.8 Å². The fraction of sp³-hybridized carbons (Fsp3) is 0.163. The molecule has 7 rings (SSSR count). The third-order valence-electron chi connectivity index (χ3n) is 8.69. The Morgan fingerprint density at radius 3 is 2.08 bits per heavy atom. The summed E-state index contributed by atoms with van der Waals surface area (Å²) in [6.45, 7) is 4.64. The molecule has 19 heteroatoms. The summed E-state index contributed by atoms with van der Waals surface area (Å²) in [4.78, 5) is 8.37. The van der Waals surface area contributed by atoms with E-state index >= 15 is 0 Å². The second-order valence-electron chi connectivity index (χ2n) is 13.7. The summed E-state index contributed by atoms with van der Waals surface area (Å²) < 4.78 is 112. The third kappa shape index (κ3) is 13.4. The van der Waals surface area contributed by atoms with Gasteiger partial charge in [-0.3, -0.25) is 9.11 Å². The molecule has 0 saturated heterocycles. The van der Waals surface area contributed by atoms with Crippen LogP contribution in [-0.2, 0) is 43.1 Å². The lowest BCUT2D eigenvalue weighted by molar-refractivity contribution is 0.306. The van der Waals surface area contributed by atoms with Gasteiger partial charge in [0.1, 0.15) is 51.7 Å². The Bertz CT molecular complexity index is 3020. The summed E-state index contributed by atoms with van der Waals surface area (Å²) in [6.07, 6.45) is 2.38. The van der Waals surface area contributed by atoms with Crippen LogP contribution in [0.2, 0.25) is 5.02 Å². The topological polar surface area (TPSA) is 229 Å². The number of hydrogen-bond donors (Lipinski definition) is 4. The van der Waals surface area contributed by atoms with Crippen LogP contribution in [0.3, 0.4) is 0 Å². The van der Waals surface area contributed by atoms with E-state index in [1.165, 1.54) is 48.8 Å². The lowest BCUT2D eigenvalue weighted by Crippen LogP contribution is -2.10. The van der Waals surface area contributed by atoms with Crippen molar-refractivity contribution in [3.05, 3.63) is 149 Å². The van der Waals surface area contributed by atoms with E-state index < -0.39 is 30.1 Å². The molecule has 0 spiro atoms. The number of anilines is 2. The number of aryl methyl sites for hydroxylation is 2. The highest BCUT2D eigenvalue weighted by atomic mass is 35.5. The second-order valence-corrected chi connectivity index (χ2v) is 19.2. The number of fused-ring (bicyclic) bond motifs is 1. The Hall–Kier alpha value is -5.73. The van der Waals surface area contributed by atoms with Crippen molar-refractivity contribution in [1.29, 1.82) is 0 Å². The molecule has 2 aromatic heterocycles. The molecule has 0 aliphatic heterocycles. The highest BCUT2D eigenvalue weighted by Crippen LogP contribution is 2.35. The molecule has 0 fully saturated rings. The fourth-order valence-corrected chi connectivity index (χ4v) is 7.80. The predicted octanol–water partition coefficient (Wildman–Crippen LogP) is 8.71. The zero-order chi connectivity index (χ0) is 45.2. The van der Waals surface area contributed by atoms with E-state index in [1.54, 1.807) is 54.6 Å². The number of hydrogen-bond acceptors (Lipinski definition) is 12. The molecule has 0 unspecified atom stereocenters. The molecule has 0 aliphatic carbocycles. The van der Waals surface area contributed by atoms with Crippen molar-refractivity contribution >= 4 is 64.1 Å². The smallest absolute Gasteiger partial charge is 0.294 e. The molecule has 5 aromatic carbocycles. The number of aromatic nitrogens is 2. The van der Waals surface area contributed by atoms with Gasteiger partial charge >= 0.3 is 0 Å². The third-order valence-corrected chi connectivity index (χ3v) is 11.8. The number of sulfone groups is 1. The van der Waals surface area contributed by atoms with Gasteiger partial charge in [0.25, 0.3) is 20.2 Å². The summed E-state index contributed by atoms with van der Waals surface area (Å²) in [5.41, 5.74) is 9.15. The summed E-state index contributed by atoms with van der Waals surface area (Å²) in [5.74, 6) is 1.21. The van der Waals surface area contributed by atoms with Crippen molar-refractivity contribution in [2.45, 2.75) is 36.7 Å². The molecule has 0 radical (unpaired) electrons. The van der Waals surface area contributed by atoms with Crippen LogP contribution in [-0.4, -0.2) is 62.9 Å². The van der Waals surface area contributed by atoms with Crippen LogP contribution >= 0.6 is 11.6 Å². The predicted molar refractivity (Wildman–Crippen MR) is 237 cm³/mol. The fourth-order valence-electron chi connectivity index (χ4n) is 5.76. The van der Waals surface area contributed by atoms with Gasteiger partial charge < -0.3 is 20.2 Å². The van der Waals surface area contributed by atoms with Gasteiger partial charge in [-0.05, 0) is 122 Å². The van der Waals surface area contributed by atoms with Crippen LogP contribution in [0.4, 0.5) is 15.9 Å². The number of nitrogens with zero attached hydrogens (tertiary/aromatic N) is 2. The van der Waals surface area contributed by atoms with Crippen LogP contribution in [0.5, 0.6) is 5.75 Å². The van der Waals surface area contributed by atoms with E-state index in [1.807, 2.05) is 32.0 Å². The Labute approximate surface area is 364 Å². The van der Waals surface area contributed by atoms with Gasteiger partial charge in [0.05, 0.1) is 26.1 Å². The van der Waals surface area contributed by atoms with Crippen LogP contribution in [0.25, 0.3) is 33.6 Å². The molecule has 14 nitrogen and oxygen atoms in total. The van der Waals surface area contributed by atoms with Gasteiger partial charge in [-0.1, -0.05) is 48.4 Å². The van der Waals surface area contributed by atoms with E-state index in [0.717, 1.165) is 18.4 Å². The first-order chi connectivity index (χ1) is 29.2. The summed E-state index contributed by atoms with van der Waals surface area (Å²) in [6, 6.07) is 30.5. The van der Waals surface area contributed by atoms with Crippen LogP contribution in [0, 0.1) is 12.7 Å². The zero-order valence-corrected chi connectivity index (χ0v) is 36.7. The molecule has 62 heavy (non-hydrogen) atoms. The molecular formula is C43H42ClFN4O10S3. The normalized spacial score (nSPS) is 11.5. The average molecular weight is 925 g/mol. The first-order valence-electron chi connectivity index (χ1n) is 18.6. The zero-order valence-electron chi connectivity index (χ0n) is 33.5. The number of nitrogens with one attached hydrogen (secondary N) is 1. The standard InChI is InChI=1S/C34H27ClFN3O7S2.C7H8O3S.C2H7N/c1-47(40,41)14-13-24-16-22(6-12-33(24)48(42,43)44)30-10-11-31(46-30)23-5-8-29-27(17-23)34(38-20-37-29)39-26-7-9-32(28(35)18-26)45-19-21-3-2-4-25(36)15-21;1-6-2-4-7(5-3-6)11(8,9)10;1-2-3/h2-12,15-18,20H,13-14,19H2,1H3,(H,37,38,39)(H,42,43,44);2-5H,1H3,(H,8,9,10);2-3H2,1H3. The molecule has 326 valence electrons. The van der Waals surface area contributed by atoms with E-state index in [2.05, 4.69) is 15.3 Å². The van der Waals surface area contributed by atoms with Gasteiger partial charge in [0.15, 0.2) is 0 Å². The molecule has 5 N–H and O–H groups in total. The largest absolute Gasteiger partial charge is 0.487 e. The van der Waals surface area contributed by atoms with Crippen LogP contribution in [0.15, 0.2) is 136 Å². The molecule has 0 bridgehead atoms. The average Bonchev–Trinajstić information content (AvgIpc) is 3.70. The number of furan rings is 1. The minimum absolute atomic E-state index is 0.0666. The van der Waals surface area contributed by atoms with Gasteiger partial charge in [-0.25, -0.2) is 22.8 Å². The molecule has 0 atom stereocenters. The van der Waals surface area contributed by atoms with E-state index in [4.69, 9.17) is 31.0 Å². The number of halogens is 2. The van der Waals surface area contributed by atoms with Crippen molar-refractivity contribution < 1.29 is 47.9 Å². The Kier molecular flexibility index (Phi) is 15.6. The lowest BCUT2D eigenvalue weighted by Gasteiger charge is -2.12. The summed E-state index contributed by atoms with van der Waals surface area (Å²) in [5, 5.41) is 4.31. The second kappa shape index (κ2) is 20.4.